The van der Waals surface area contributed by atoms with Crippen molar-refractivity contribution < 1.29 is 28.2 Å². The molecule has 1 aromatic rings. The Kier molecular flexibility index (Phi) is 4.86. The van der Waals surface area contributed by atoms with Gasteiger partial charge < -0.3 is 19.9 Å². The summed E-state index contributed by atoms with van der Waals surface area (Å²) >= 11 is 0. The minimum atomic E-state index is -2.84. The predicted octanol–water partition coefficient (Wildman–Crippen LogP) is 1.62. The van der Waals surface area contributed by atoms with E-state index in [4.69, 9.17) is 9.84 Å². The first-order valence-corrected chi connectivity index (χ1v) is 6.16. The zero-order chi connectivity index (χ0) is 14.5. The normalized spacial score (nSPS) is 22.1. The molecule has 0 aromatic heterocycles. The number of hydrogen-bond donors (Lipinski definition) is 2. The minimum absolute atomic E-state index is 0.0947. The molecule has 1 heterocycles. The van der Waals surface area contributed by atoms with Gasteiger partial charge in [0.05, 0.1) is 12.7 Å². The third kappa shape index (κ3) is 4.14. The van der Waals surface area contributed by atoms with Crippen LogP contribution in [-0.4, -0.2) is 36.4 Å². The van der Waals surface area contributed by atoms with Gasteiger partial charge in [0.2, 0.25) is 0 Å². The number of carbonyl (C=O) groups is 1. The quantitative estimate of drug-likeness (QED) is 0.832. The third-order valence-electron chi connectivity index (χ3n) is 3.02. The third-order valence-corrected chi connectivity index (χ3v) is 3.02. The number of aliphatic carboxylic acids is 1. The first kappa shape index (κ1) is 14.7. The number of hydrogen-bond acceptors (Lipinski definition) is 4. The fourth-order valence-electron chi connectivity index (χ4n) is 2.00. The van der Waals surface area contributed by atoms with E-state index in [0.717, 1.165) is 5.56 Å². The van der Waals surface area contributed by atoms with E-state index in [1.54, 1.807) is 12.1 Å². The second-order valence-electron chi connectivity index (χ2n) is 4.49. The van der Waals surface area contributed by atoms with Crippen LogP contribution in [0.1, 0.15) is 12.0 Å². The second-order valence-corrected chi connectivity index (χ2v) is 4.49. The number of nitrogens with one attached hydrogen (secondary N) is 1. The van der Waals surface area contributed by atoms with E-state index in [1.165, 1.54) is 12.1 Å². The Morgan fingerprint density at radius 3 is 2.65 bits per heavy atom. The van der Waals surface area contributed by atoms with Crippen molar-refractivity contribution in [1.82, 2.24) is 5.32 Å². The number of halogens is 2. The molecule has 5 nitrogen and oxygen atoms in total. The second kappa shape index (κ2) is 6.62. The van der Waals surface area contributed by atoms with Gasteiger partial charge in [-0.2, -0.15) is 8.78 Å². The van der Waals surface area contributed by atoms with Crippen molar-refractivity contribution in [3.8, 4) is 5.75 Å². The summed E-state index contributed by atoms with van der Waals surface area (Å²) in [7, 11) is 0. The molecule has 0 bridgehead atoms. The van der Waals surface area contributed by atoms with Crippen LogP contribution < -0.4 is 10.1 Å². The van der Waals surface area contributed by atoms with Gasteiger partial charge in [0.1, 0.15) is 11.8 Å². The number of carboxylic acid groups (broad SMARTS) is 1. The smallest absolute Gasteiger partial charge is 0.387 e. The number of benzene rings is 1. The number of alkyl halides is 2. The molecule has 1 saturated heterocycles. The summed E-state index contributed by atoms with van der Waals surface area (Å²) in [4.78, 5) is 10.8. The minimum Gasteiger partial charge on any atom is -0.480 e. The number of carboxylic acids is 1. The van der Waals surface area contributed by atoms with Crippen molar-refractivity contribution in [2.24, 2.45) is 0 Å². The van der Waals surface area contributed by atoms with Crippen molar-refractivity contribution >= 4 is 5.97 Å². The van der Waals surface area contributed by atoms with E-state index in [1.807, 2.05) is 0 Å². The number of rotatable bonds is 6. The lowest BCUT2D eigenvalue weighted by atomic mass is 10.2. The van der Waals surface area contributed by atoms with Gasteiger partial charge in [-0.25, -0.2) is 0 Å². The first-order valence-electron chi connectivity index (χ1n) is 6.16. The summed E-state index contributed by atoms with van der Waals surface area (Å²) in [5.74, 6) is -0.790. The van der Waals surface area contributed by atoms with Crippen LogP contribution in [0.4, 0.5) is 8.78 Å². The molecule has 0 unspecified atom stereocenters. The van der Waals surface area contributed by atoms with Gasteiger partial charge in [0, 0.05) is 13.0 Å². The Labute approximate surface area is 114 Å². The zero-order valence-corrected chi connectivity index (χ0v) is 10.6. The SMILES string of the molecule is O=C(O)[C@@H]1C[C@H](OCc2ccc(OC(F)F)cc2)CN1. The molecular weight excluding hydrogens is 272 g/mol. The lowest BCUT2D eigenvalue weighted by molar-refractivity contribution is -0.139. The fraction of sp³-hybridized carbons (Fsp3) is 0.462. The molecule has 1 aliphatic rings. The molecule has 2 rings (SSSR count). The molecule has 20 heavy (non-hydrogen) atoms. The van der Waals surface area contributed by atoms with Crippen molar-refractivity contribution in [3.63, 3.8) is 0 Å². The Bertz CT molecular complexity index is 452. The zero-order valence-electron chi connectivity index (χ0n) is 10.6. The lowest BCUT2D eigenvalue weighted by Gasteiger charge is -2.11. The molecule has 0 amide bonds. The van der Waals surface area contributed by atoms with Crippen molar-refractivity contribution in [2.75, 3.05) is 6.54 Å². The molecule has 0 aliphatic carbocycles. The van der Waals surface area contributed by atoms with Crippen molar-refractivity contribution in [2.45, 2.75) is 31.8 Å². The molecule has 7 heteroatoms. The van der Waals surface area contributed by atoms with Crippen LogP contribution >= 0.6 is 0 Å². The van der Waals surface area contributed by atoms with E-state index in [0.29, 0.717) is 19.6 Å². The Morgan fingerprint density at radius 2 is 2.10 bits per heavy atom. The maximum Gasteiger partial charge on any atom is 0.387 e. The van der Waals surface area contributed by atoms with Gasteiger partial charge in [-0.3, -0.25) is 4.79 Å². The molecular formula is C13H15F2NO4. The topological polar surface area (TPSA) is 67.8 Å². The average Bonchev–Trinajstić information content (AvgIpc) is 2.86. The lowest BCUT2D eigenvalue weighted by Crippen LogP contribution is -2.29. The predicted molar refractivity (Wildman–Crippen MR) is 65.7 cm³/mol. The van der Waals surface area contributed by atoms with Crippen LogP contribution in [0.3, 0.4) is 0 Å². The van der Waals surface area contributed by atoms with E-state index < -0.39 is 18.6 Å². The monoisotopic (exact) mass is 287 g/mol. The van der Waals surface area contributed by atoms with E-state index in [-0.39, 0.29) is 11.9 Å². The van der Waals surface area contributed by atoms with Gasteiger partial charge in [0.25, 0.3) is 0 Å². The molecule has 1 aromatic carbocycles. The van der Waals surface area contributed by atoms with Crippen LogP contribution in [0.5, 0.6) is 5.75 Å². The number of ether oxygens (including phenoxy) is 2. The van der Waals surface area contributed by atoms with Crippen LogP contribution in [0.25, 0.3) is 0 Å². The van der Waals surface area contributed by atoms with Crippen LogP contribution in [-0.2, 0) is 16.1 Å². The Hall–Kier alpha value is -1.73. The summed E-state index contributed by atoms with van der Waals surface area (Å²) in [5, 5.41) is 11.7. The summed E-state index contributed by atoms with van der Waals surface area (Å²) < 4.78 is 33.8. The Morgan fingerprint density at radius 1 is 1.40 bits per heavy atom. The van der Waals surface area contributed by atoms with Gasteiger partial charge in [0.15, 0.2) is 0 Å². The first-order chi connectivity index (χ1) is 9.54. The van der Waals surface area contributed by atoms with Gasteiger partial charge in [-0.05, 0) is 17.7 Å². The fourth-order valence-corrected chi connectivity index (χ4v) is 2.00. The highest BCUT2D eigenvalue weighted by atomic mass is 19.3. The maximum atomic E-state index is 12.0. The maximum absolute atomic E-state index is 12.0. The highest BCUT2D eigenvalue weighted by Crippen LogP contribution is 2.17. The largest absolute Gasteiger partial charge is 0.480 e. The van der Waals surface area contributed by atoms with Crippen LogP contribution in [0, 0.1) is 0 Å². The molecule has 1 fully saturated rings. The van der Waals surface area contributed by atoms with Gasteiger partial charge in [-0.1, -0.05) is 12.1 Å². The average molecular weight is 287 g/mol. The Balaban J connectivity index is 1.78. The van der Waals surface area contributed by atoms with Crippen molar-refractivity contribution in [3.05, 3.63) is 29.8 Å². The summed E-state index contributed by atoms with van der Waals surface area (Å²) in [5.41, 5.74) is 0.811. The highest BCUT2D eigenvalue weighted by molar-refractivity contribution is 5.73. The molecule has 2 atom stereocenters. The van der Waals surface area contributed by atoms with E-state index >= 15 is 0 Å². The van der Waals surface area contributed by atoms with Crippen LogP contribution in [0.2, 0.25) is 0 Å². The van der Waals surface area contributed by atoms with Gasteiger partial charge in [-0.15, -0.1) is 0 Å². The molecule has 2 N–H and O–H groups in total. The molecule has 1 aliphatic heterocycles. The van der Waals surface area contributed by atoms with E-state index in [9.17, 15) is 13.6 Å². The molecule has 110 valence electrons. The summed E-state index contributed by atoms with van der Waals surface area (Å²) in [6.45, 7) is -2.05. The van der Waals surface area contributed by atoms with Gasteiger partial charge >= 0.3 is 12.6 Å². The van der Waals surface area contributed by atoms with E-state index in [2.05, 4.69) is 10.1 Å². The van der Waals surface area contributed by atoms with Crippen LogP contribution in [0.15, 0.2) is 24.3 Å². The molecule has 0 spiro atoms. The summed E-state index contributed by atoms with van der Waals surface area (Å²) in [6.07, 6.45) is 0.259. The van der Waals surface area contributed by atoms with Crippen molar-refractivity contribution in [1.29, 1.82) is 0 Å². The standard InChI is InChI=1S/C13H15F2NO4/c14-13(15)20-9-3-1-8(2-4-9)7-19-10-5-11(12(17)18)16-6-10/h1-4,10-11,13,16H,5-7H2,(H,17,18)/t10-,11-/m0/s1. The molecule has 0 radical (unpaired) electrons. The highest BCUT2D eigenvalue weighted by Gasteiger charge is 2.29. The molecule has 0 saturated carbocycles. The summed E-state index contributed by atoms with van der Waals surface area (Å²) in [6, 6.07) is 5.58.